The average Bonchev–Trinajstić information content (AvgIpc) is 3.27. The molecule has 2 unspecified atom stereocenters. The summed E-state index contributed by atoms with van der Waals surface area (Å²) in [6.07, 6.45) is 50.6. The molecule has 0 fully saturated rings. The Morgan fingerprint density at radius 1 is 0.547 bits per heavy atom. The number of hydrogen-bond acceptors (Lipinski definition) is 7. The number of carbonyl (C=O) groups excluding carboxylic acids is 1. The van der Waals surface area contributed by atoms with E-state index >= 15 is 0 Å². The van der Waals surface area contributed by atoms with Gasteiger partial charge in [-0.15, -0.1) is 0 Å². The number of ether oxygens (including phenoxy) is 2. The van der Waals surface area contributed by atoms with Gasteiger partial charge >= 0.3 is 13.6 Å². The molecular formula is C54H109NO8P+. The third kappa shape index (κ3) is 42.5. The van der Waals surface area contributed by atoms with Crippen LogP contribution < -0.4 is 0 Å². The van der Waals surface area contributed by atoms with Crippen LogP contribution in [0.25, 0.3) is 0 Å². The maximum Gasteiger partial charge on any atom is 0.384 e. The highest BCUT2D eigenvalue weighted by molar-refractivity contribution is 7.53. The van der Waals surface area contributed by atoms with E-state index in [1.165, 1.54) is 199 Å². The maximum absolute atomic E-state index is 13.3. The first kappa shape index (κ1) is 63.2. The predicted octanol–water partition coefficient (Wildman–Crippen LogP) is 15.7. The van der Waals surface area contributed by atoms with Crippen LogP contribution in [0.4, 0.5) is 0 Å². The number of nitrogens with zero attached hydrogens (tertiary/aromatic N) is 1. The molecule has 0 aromatic carbocycles. The van der Waals surface area contributed by atoms with Gasteiger partial charge in [-0.2, -0.15) is 0 Å². The lowest BCUT2D eigenvalue weighted by Crippen LogP contribution is -2.49. The SMILES string of the molecule is CCCCCCCCCCC/C=C\CCCCCCCCC(=O)O[C@H](COCCCCCCCCCCCCCCCCCCCCCC)COP(=O)(O)C(C)[N+](C)(C)CCC(O)O. The van der Waals surface area contributed by atoms with Crippen LogP contribution in [0.2, 0.25) is 0 Å². The van der Waals surface area contributed by atoms with E-state index in [0.717, 1.165) is 38.5 Å². The highest BCUT2D eigenvalue weighted by Crippen LogP contribution is 2.50. The minimum atomic E-state index is -4.14. The Balaban J connectivity index is 4.34. The van der Waals surface area contributed by atoms with Crippen molar-refractivity contribution in [3.63, 3.8) is 0 Å². The Kier molecular flexibility index (Phi) is 45.4. The molecule has 9 nitrogen and oxygen atoms in total. The molecule has 0 heterocycles. The zero-order chi connectivity index (χ0) is 47.3. The van der Waals surface area contributed by atoms with Gasteiger partial charge in [-0.3, -0.25) is 9.36 Å². The van der Waals surface area contributed by atoms with Crippen molar-refractivity contribution in [1.29, 1.82) is 0 Å². The van der Waals surface area contributed by atoms with Gasteiger partial charge in [-0.1, -0.05) is 225 Å². The molecule has 0 saturated carbocycles. The normalized spacial score (nSPS) is 14.1. The van der Waals surface area contributed by atoms with Crippen LogP contribution in [0.15, 0.2) is 12.2 Å². The summed E-state index contributed by atoms with van der Waals surface area (Å²) in [6.45, 7) is 6.88. The standard InChI is InChI=1S/C54H108NO8P/c1-6-8-10-12-14-16-18-20-22-24-26-28-30-32-34-36-38-40-42-44-48-61-49-52(50-62-64(59,60)51(3)55(4,5)47-46-53(56)57)63-54(58)45-43-41-39-37-35-33-31-29-27-25-23-21-19-17-15-13-11-9-7-2/h27,29,51-53,56-57H,6-26,28,30-50H2,1-5H3/p+1/b29-27-/t51?,52-/m1/s1. The van der Waals surface area contributed by atoms with Crippen molar-refractivity contribution >= 4 is 13.6 Å². The fourth-order valence-corrected chi connectivity index (χ4v) is 9.91. The molecule has 0 bridgehead atoms. The van der Waals surface area contributed by atoms with E-state index < -0.39 is 25.8 Å². The lowest BCUT2D eigenvalue weighted by molar-refractivity contribution is -0.901. The first-order chi connectivity index (χ1) is 31.0. The van der Waals surface area contributed by atoms with E-state index in [-0.39, 0.29) is 36.6 Å². The van der Waals surface area contributed by atoms with E-state index in [2.05, 4.69) is 26.0 Å². The number of carbonyl (C=O) groups is 1. The molecule has 0 radical (unpaired) electrons. The summed E-state index contributed by atoms with van der Waals surface area (Å²) in [5, 5.41) is 18.7. The fourth-order valence-electron chi connectivity index (χ4n) is 8.41. The second-order valence-corrected chi connectivity index (χ2v) is 22.0. The van der Waals surface area contributed by atoms with Crippen molar-refractivity contribution in [2.24, 2.45) is 0 Å². The van der Waals surface area contributed by atoms with Crippen LogP contribution in [0.3, 0.4) is 0 Å². The van der Waals surface area contributed by atoms with Crippen molar-refractivity contribution in [2.75, 3.05) is 40.5 Å². The zero-order valence-electron chi connectivity index (χ0n) is 43.1. The zero-order valence-corrected chi connectivity index (χ0v) is 44.0. The van der Waals surface area contributed by atoms with E-state index in [1.807, 2.05) is 0 Å². The summed E-state index contributed by atoms with van der Waals surface area (Å²) >= 11 is 0. The smallest absolute Gasteiger partial charge is 0.384 e. The molecule has 3 N–H and O–H groups in total. The van der Waals surface area contributed by atoms with Crippen LogP contribution in [-0.2, 0) is 23.4 Å². The first-order valence-corrected chi connectivity index (χ1v) is 29.2. The molecule has 3 atom stereocenters. The van der Waals surface area contributed by atoms with Crippen molar-refractivity contribution in [3.05, 3.63) is 12.2 Å². The quantitative estimate of drug-likeness (QED) is 0.0138. The van der Waals surface area contributed by atoms with Gasteiger partial charge in [0.25, 0.3) is 0 Å². The van der Waals surface area contributed by atoms with Gasteiger partial charge in [0.2, 0.25) is 0 Å². The van der Waals surface area contributed by atoms with Crippen molar-refractivity contribution in [1.82, 2.24) is 0 Å². The lowest BCUT2D eigenvalue weighted by atomic mass is 10.0. The molecule has 0 rings (SSSR count). The summed E-state index contributed by atoms with van der Waals surface area (Å²) in [7, 11) is -0.622. The summed E-state index contributed by atoms with van der Waals surface area (Å²) in [5.74, 6) is -1.15. The summed E-state index contributed by atoms with van der Waals surface area (Å²) in [4.78, 5) is 23.8. The van der Waals surface area contributed by atoms with Gasteiger partial charge in [-0.25, -0.2) is 0 Å². The van der Waals surface area contributed by atoms with Crippen molar-refractivity contribution < 1.29 is 42.9 Å². The molecule has 0 amide bonds. The third-order valence-electron chi connectivity index (χ3n) is 13.3. The Bertz CT molecular complexity index is 1070. The van der Waals surface area contributed by atoms with Crippen LogP contribution in [0.1, 0.15) is 271 Å². The van der Waals surface area contributed by atoms with Gasteiger partial charge in [0.1, 0.15) is 6.10 Å². The lowest BCUT2D eigenvalue weighted by Gasteiger charge is -2.37. The minimum absolute atomic E-state index is 0.0712. The third-order valence-corrected chi connectivity index (χ3v) is 15.4. The van der Waals surface area contributed by atoms with E-state index in [4.69, 9.17) is 14.0 Å². The Morgan fingerprint density at radius 2 is 0.906 bits per heavy atom. The molecule has 0 saturated heterocycles. The van der Waals surface area contributed by atoms with E-state index in [0.29, 0.717) is 13.0 Å². The number of quaternary nitrogens is 1. The number of aliphatic hydroxyl groups is 2. The molecule has 0 aliphatic carbocycles. The number of aliphatic hydroxyl groups excluding tert-OH is 1. The number of unbranched alkanes of at least 4 members (excludes halogenated alkanes) is 34. The molecule has 0 aliphatic heterocycles. The van der Waals surface area contributed by atoms with Gasteiger partial charge in [0, 0.05) is 19.4 Å². The Labute approximate surface area is 397 Å². The monoisotopic (exact) mass is 931 g/mol. The predicted molar refractivity (Wildman–Crippen MR) is 272 cm³/mol. The Morgan fingerprint density at radius 3 is 1.30 bits per heavy atom. The largest absolute Gasteiger partial charge is 0.457 e. The summed E-state index contributed by atoms with van der Waals surface area (Å²) in [5.41, 5.74) is 0. The van der Waals surface area contributed by atoms with Crippen molar-refractivity contribution in [3.8, 4) is 0 Å². The van der Waals surface area contributed by atoms with Crippen LogP contribution in [-0.4, -0.2) is 84.2 Å². The first-order valence-electron chi connectivity index (χ1n) is 27.5. The topological polar surface area (TPSA) is 123 Å². The maximum atomic E-state index is 13.3. The van der Waals surface area contributed by atoms with Gasteiger partial charge in [0.05, 0.1) is 33.9 Å². The second-order valence-electron chi connectivity index (χ2n) is 19.9. The van der Waals surface area contributed by atoms with E-state index in [9.17, 15) is 24.5 Å². The molecule has 0 aromatic rings. The fraction of sp³-hybridized carbons (Fsp3) is 0.944. The number of allylic oxidation sites excluding steroid dienone is 2. The molecule has 0 spiro atoms. The Hall–Kier alpha value is -0.800. The van der Waals surface area contributed by atoms with Crippen LogP contribution in [0.5, 0.6) is 0 Å². The van der Waals surface area contributed by atoms with Gasteiger partial charge < -0.3 is 33.6 Å². The van der Waals surface area contributed by atoms with Crippen LogP contribution >= 0.6 is 7.60 Å². The average molecular weight is 931 g/mol. The molecule has 0 aliphatic rings. The number of rotatable bonds is 51. The molecule has 0 aromatic heterocycles. The minimum Gasteiger partial charge on any atom is -0.457 e. The molecular weight excluding hydrogens is 822 g/mol. The number of hydrogen-bond donors (Lipinski definition) is 3. The summed E-state index contributed by atoms with van der Waals surface area (Å²) in [6, 6.07) is 0. The highest BCUT2D eigenvalue weighted by Gasteiger charge is 2.42. The highest BCUT2D eigenvalue weighted by atomic mass is 31.2. The van der Waals surface area contributed by atoms with Crippen LogP contribution in [0, 0.1) is 0 Å². The molecule has 10 heteroatoms. The number of esters is 1. The molecule has 64 heavy (non-hydrogen) atoms. The van der Waals surface area contributed by atoms with Gasteiger partial charge in [0.15, 0.2) is 12.1 Å². The van der Waals surface area contributed by atoms with Gasteiger partial charge in [-0.05, 0) is 45.4 Å². The second kappa shape index (κ2) is 46.0. The molecule has 382 valence electrons. The summed E-state index contributed by atoms with van der Waals surface area (Å²) < 4.78 is 30.7. The van der Waals surface area contributed by atoms with Crippen molar-refractivity contribution in [2.45, 2.75) is 289 Å². The van der Waals surface area contributed by atoms with E-state index in [1.54, 1.807) is 21.0 Å².